The normalized spacial score (nSPS) is 11.0. The number of fused-ring (bicyclic) bond motifs is 1. The van der Waals surface area contributed by atoms with Gasteiger partial charge < -0.3 is 9.52 Å². The molecule has 0 saturated heterocycles. The summed E-state index contributed by atoms with van der Waals surface area (Å²) in [6.07, 6.45) is 1.57. The minimum atomic E-state index is -1.02. The van der Waals surface area contributed by atoms with E-state index in [0.717, 1.165) is 26.3 Å². The number of carboxylic acid groups (broad SMARTS) is 1. The van der Waals surface area contributed by atoms with Crippen LogP contribution in [0.3, 0.4) is 0 Å². The molecule has 0 radical (unpaired) electrons. The van der Waals surface area contributed by atoms with Gasteiger partial charge in [-0.2, -0.15) is 0 Å². The second kappa shape index (κ2) is 4.82. The van der Waals surface area contributed by atoms with Gasteiger partial charge in [0.15, 0.2) is 0 Å². The zero-order valence-corrected chi connectivity index (χ0v) is 12.3. The first-order valence-electron chi connectivity index (χ1n) is 5.18. The van der Waals surface area contributed by atoms with E-state index in [4.69, 9.17) is 9.52 Å². The SMILES string of the molecule is CCCc1c(C(=O)O)oc2c(Br)cc(Br)cc12. The molecule has 0 atom stereocenters. The summed E-state index contributed by atoms with van der Waals surface area (Å²) in [5.41, 5.74) is 1.35. The molecule has 90 valence electrons. The van der Waals surface area contributed by atoms with Crippen LogP contribution in [0.2, 0.25) is 0 Å². The predicted molar refractivity (Wildman–Crippen MR) is 72.6 cm³/mol. The molecule has 0 spiro atoms. The third kappa shape index (κ3) is 2.26. The molecule has 5 heteroatoms. The van der Waals surface area contributed by atoms with E-state index in [0.29, 0.717) is 12.0 Å². The maximum absolute atomic E-state index is 11.1. The molecule has 17 heavy (non-hydrogen) atoms. The van der Waals surface area contributed by atoms with Crippen LogP contribution in [0, 0.1) is 0 Å². The lowest BCUT2D eigenvalue weighted by Gasteiger charge is -1.98. The largest absolute Gasteiger partial charge is 0.475 e. The van der Waals surface area contributed by atoms with Gasteiger partial charge >= 0.3 is 5.97 Å². The first-order valence-corrected chi connectivity index (χ1v) is 6.77. The van der Waals surface area contributed by atoms with Crippen LogP contribution in [0.15, 0.2) is 25.5 Å². The Morgan fingerprint density at radius 1 is 1.41 bits per heavy atom. The summed E-state index contributed by atoms with van der Waals surface area (Å²) in [5.74, 6) is -0.978. The molecule has 1 aromatic heterocycles. The van der Waals surface area contributed by atoms with Crippen molar-refractivity contribution in [3.8, 4) is 0 Å². The van der Waals surface area contributed by atoms with Crippen LogP contribution >= 0.6 is 31.9 Å². The number of aromatic carboxylic acids is 1. The van der Waals surface area contributed by atoms with E-state index < -0.39 is 5.97 Å². The third-order valence-corrected chi connectivity index (χ3v) is 3.55. The lowest BCUT2D eigenvalue weighted by molar-refractivity contribution is 0.0663. The number of hydrogen-bond acceptors (Lipinski definition) is 2. The molecule has 0 bridgehead atoms. The average Bonchev–Trinajstić information content (AvgIpc) is 2.58. The van der Waals surface area contributed by atoms with Gasteiger partial charge in [-0.3, -0.25) is 0 Å². The Labute approximate surface area is 115 Å². The van der Waals surface area contributed by atoms with Gasteiger partial charge in [0.05, 0.1) is 4.47 Å². The fraction of sp³-hybridized carbons (Fsp3) is 0.250. The lowest BCUT2D eigenvalue weighted by atomic mass is 10.1. The highest BCUT2D eigenvalue weighted by Crippen LogP contribution is 2.35. The van der Waals surface area contributed by atoms with E-state index in [2.05, 4.69) is 31.9 Å². The first kappa shape index (κ1) is 12.6. The Hall–Kier alpha value is -0.810. The van der Waals surface area contributed by atoms with Crippen molar-refractivity contribution in [2.75, 3.05) is 0 Å². The van der Waals surface area contributed by atoms with Gasteiger partial charge in [0, 0.05) is 15.4 Å². The number of carboxylic acids is 1. The summed E-state index contributed by atoms with van der Waals surface area (Å²) < 4.78 is 7.08. The Morgan fingerprint density at radius 2 is 2.12 bits per heavy atom. The molecule has 3 nitrogen and oxygen atoms in total. The van der Waals surface area contributed by atoms with E-state index in [-0.39, 0.29) is 5.76 Å². The van der Waals surface area contributed by atoms with Crippen molar-refractivity contribution in [2.45, 2.75) is 19.8 Å². The van der Waals surface area contributed by atoms with Crippen LogP contribution in [0.4, 0.5) is 0 Å². The van der Waals surface area contributed by atoms with E-state index >= 15 is 0 Å². The standard InChI is InChI=1S/C12H10Br2O3/c1-2-3-7-8-4-6(13)5-9(14)10(8)17-11(7)12(15)16/h4-5H,2-3H2,1H3,(H,15,16). The van der Waals surface area contributed by atoms with Gasteiger partial charge in [-0.05, 0) is 34.5 Å². The van der Waals surface area contributed by atoms with Crippen molar-refractivity contribution < 1.29 is 14.3 Å². The summed E-state index contributed by atoms with van der Waals surface area (Å²) in [6.45, 7) is 2.01. The van der Waals surface area contributed by atoms with Crippen molar-refractivity contribution >= 4 is 48.8 Å². The molecule has 0 saturated carbocycles. The highest BCUT2D eigenvalue weighted by molar-refractivity contribution is 9.11. The first-order chi connectivity index (χ1) is 8.04. The maximum Gasteiger partial charge on any atom is 0.372 e. The molecule has 1 N–H and O–H groups in total. The van der Waals surface area contributed by atoms with Gasteiger partial charge in [-0.1, -0.05) is 29.3 Å². The molecule has 0 aliphatic rings. The smallest absolute Gasteiger partial charge is 0.372 e. The number of aryl methyl sites for hydroxylation is 1. The highest BCUT2D eigenvalue weighted by Gasteiger charge is 2.20. The minimum absolute atomic E-state index is 0.0423. The number of carbonyl (C=O) groups is 1. The number of halogens is 2. The van der Waals surface area contributed by atoms with Crippen molar-refractivity contribution in [3.05, 3.63) is 32.4 Å². The molecule has 2 rings (SSSR count). The summed E-state index contributed by atoms with van der Waals surface area (Å²) in [7, 11) is 0. The van der Waals surface area contributed by atoms with Crippen molar-refractivity contribution in [2.24, 2.45) is 0 Å². The number of furan rings is 1. The van der Waals surface area contributed by atoms with Crippen LogP contribution in [-0.4, -0.2) is 11.1 Å². The number of benzene rings is 1. The number of hydrogen-bond donors (Lipinski definition) is 1. The Morgan fingerprint density at radius 3 is 2.71 bits per heavy atom. The van der Waals surface area contributed by atoms with Crippen LogP contribution in [0.5, 0.6) is 0 Å². The van der Waals surface area contributed by atoms with Gasteiger partial charge in [0.25, 0.3) is 0 Å². The van der Waals surface area contributed by atoms with Crippen molar-refractivity contribution in [1.29, 1.82) is 0 Å². The molecule has 0 aliphatic carbocycles. The molecular formula is C12H10Br2O3. The molecule has 2 aromatic rings. The van der Waals surface area contributed by atoms with Crippen LogP contribution in [0.1, 0.15) is 29.5 Å². The maximum atomic E-state index is 11.1. The Kier molecular flexibility index (Phi) is 3.58. The molecule has 0 aliphatic heterocycles. The summed E-state index contributed by atoms with van der Waals surface area (Å²) in [6, 6.07) is 3.73. The van der Waals surface area contributed by atoms with Crippen LogP contribution in [-0.2, 0) is 6.42 Å². The lowest BCUT2D eigenvalue weighted by Crippen LogP contribution is -1.98. The summed E-state index contributed by atoms with van der Waals surface area (Å²) in [4.78, 5) is 11.1. The molecule has 0 amide bonds. The molecule has 0 unspecified atom stereocenters. The molecule has 1 heterocycles. The minimum Gasteiger partial charge on any atom is -0.475 e. The fourth-order valence-electron chi connectivity index (χ4n) is 1.85. The fourth-order valence-corrected chi connectivity index (χ4v) is 3.15. The molecule has 1 aromatic carbocycles. The van der Waals surface area contributed by atoms with Crippen molar-refractivity contribution in [1.82, 2.24) is 0 Å². The number of rotatable bonds is 3. The zero-order chi connectivity index (χ0) is 12.6. The molecule has 0 fully saturated rings. The van der Waals surface area contributed by atoms with Gasteiger partial charge in [0.1, 0.15) is 5.58 Å². The van der Waals surface area contributed by atoms with Gasteiger partial charge in [-0.15, -0.1) is 0 Å². The molecular weight excluding hydrogens is 352 g/mol. The zero-order valence-electron chi connectivity index (χ0n) is 9.09. The van der Waals surface area contributed by atoms with Crippen molar-refractivity contribution in [3.63, 3.8) is 0 Å². The van der Waals surface area contributed by atoms with E-state index in [9.17, 15) is 4.79 Å². The van der Waals surface area contributed by atoms with Gasteiger partial charge in [-0.25, -0.2) is 4.79 Å². The van der Waals surface area contributed by atoms with E-state index in [1.165, 1.54) is 0 Å². The average molecular weight is 362 g/mol. The summed E-state index contributed by atoms with van der Waals surface area (Å²) >= 11 is 6.77. The quantitative estimate of drug-likeness (QED) is 0.868. The Bertz CT molecular complexity index is 587. The monoisotopic (exact) mass is 360 g/mol. The van der Waals surface area contributed by atoms with Gasteiger partial charge in [0.2, 0.25) is 5.76 Å². The second-order valence-electron chi connectivity index (χ2n) is 3.73. The third-order valence-electron chi connectivity index (χ3n) is 2.51. The topological polar surface area (TPSA) is 50.4 Å². The van der Waals surface area contributed by atoms with Crippen LogP contribution in [0.25, 0.3) is 11.0 Å². The Balaban J connectivity index is 2.79. The van der Waals surface area contributed by atoms with Crippen LogP contribution < -0.4 is 0 Å². The predicted octanol–water partition coefficient (Wildman–Crippen LogP) is 4.61. The second-order valence-corrected chi connectivity index (χ2v) is 5.50. The van der Waals surface area contributed by atoms with E-state index in [1.54, 1.807) is 0 Å². The highest BCUT2D eigenvalue weighted by atomic mass is 79.9. The summed E-state index contributed by atoms with van der Waals surface area (Å²) in [5, 5.41) is 9.99. The van der Waals surface area contributed by atoms with E-state index in [1.807, 2.05) is 19.1 Å².